The maximum absolute atomic E-state index is 5.98. The SMILES string of the molecule is CC(C1CC1)N(C)Cc1cc(Cl)ccc1N. The highest BCUT2D eigenvalue weighted by Crippen LogP contribution is 2.35. The first-order valence-electron chi connectivity index (χ1n) is 5.82. The average Bonchev–Trinajstić information content (AvgIpc) is 3.06. The summed E-state index contributed by atoms with van der Waals surface area (Å²) in [5.74, 6) is 0.880. The molecule has 1 aromatic rings. The number of nitrogen functional groups attached to an aromatic ring is 1. The minimum atomic E-state index is 0.637. The van der Waals surface area contributed by atoms with Gasteiger partial charge in [-0.05, 0) is 56.5 Å². The fourth-order valence-corrected chi connectivity index (χ4v) is 2.26. The van der Waals surface area contributed by atoms with E-state index in [-0.39, 0.29) is 0 Å². The van der Waals surface area contributed by atoms with Crippen LogP contribution in [0.5, 0.6) is 0 Å². The number of hydrogen-bond acceptors (Lipinski definition) is 2. The maximum Gasteiger partial charge on any atom is 0.0410 e. The molecular formula is C13H19ClN2. The molecular weight excluding hydrogens is 220 g/mol. The van der Waals surface area contributed by atoms with Gasteiger partial charge in [-0.3, -0.25) is 4.90 Å². The molecule has 0 radical (unpaired) electrons. The minimum absolute atomic E-state index is 0.637. The van der Waals surface area contributed by atoms with Crippen molar-refractivity contribution in [3.8, 4) is 0 Å². The summed E-state index contributed by atoms with van der Waals surface area (Å²) >= 11 is 5.98. The zero-order chi connectivity index (χ0) is 11.7. The Balaban J connectivity index is 2.04. The number of nitrogens with two attached hydrogens (primary N) is 1. The molecule has 2 N–H and O–H groups in total. The van der Waals surface area contributed by atoms with E-state index in [0.717, 1.165) is 28.7 Å². The summed E-state index contributed by atoms with van der Waals surface area (Å²) in [6.45, 7) is 3.17. The van der Waals surface area contributed by atoms with Gasteiger partial charge in [0.15, 0.2) is 0 Å². The highest BCUT2D eigenvalue weighted by Gasteiger charge is 2.30. The Labute approximate surface area is 102 Å². The third-order valence-corrected chi connectivity index (χ3v) is 3.76. The minimum Gasteiger partial charge on any atom is -0.398 e. The normalized spacial score (nSPS) is 17.8. The molecule has 1 aliphatic rings. The fraction of sp³-hybridized carbons (Fsp3) is 0.538. The lowest BCUT2D eigenvalue weighted by Crippen LogP contribution is -2.30. The van der Waals surface area contributed by atoms with E-state index >= 15 is 0 Å². The first-order valence-corrected chi connectivity index (χ1v) is 6.20. The van der Waals surface area contributed by atoms with Gasteiger partial charge in [-0.2, -0.15) is 0 Å². The summed E-state index contributed by atoms with van der Waals surface area (Å²) in [5, 5.41) is 0.761. The second kappa shape index (κ2) is 4.64. The highest BCUT2D eigenvalue weighted by molar-refractivity contribution is 6.30. The Morgan fingerprint density at radius 3 is 2.81 bits per heavy atom. The Bertz CT molecular complexity index is 374. The molecule has 0 saturated heterocycles. The zero-order valence-electron chi connectivity index (χ0n) is 9.91. The molecule has 1 unspecified atom stereocenters. The summed E-state index contributed by atoms with van der Waals surface area (Å²) in [6.07, 6.45) is 2.74. The smallest absolute Gasteiger partial charge is 0.0410 e. The summed E-state index contributed by atoms with van der Waals surface area (Å²) in [5.41, 5.74) is 7.90. The lowest BCUT2D eigenvalue weighted by molar-refractivity contribution is 0.227. The van der Waals surface area contributed by atoms with Gasteiger partial charge in [0.25, 0.3) is 0 Å². The van der Waals surface area contributed by atoms with E-state index in [2.05, 4.69) is 18.9 Å². The van der Waals surface area contributed by atoms with E-state index < -0.39 is 0 Å². The first-order chi connectivity index (χ1) is 7.58. The van der Waals surface area contributed by atoms with Crippen LogP contribution in [0.4, 0.5) is 5.69 Å². The van der Waals surface area contributed by atoms with E-state index in [0.29, 0.717) is 6.04 Å². The number of rotatable bonds is 4. The Kier molecular flexibility index (Phi) is 3.41. The van der Waals surface area contributed by atoms with Gasteiger partial charge in [0.05, 0.1) is 0 Å². The molecule has 0 aromatic heterocycles. The second-order valence-electron chi connectivity index (χ2n) is 4.84. The van der Waals surface area contributed by atoms with Crippen LogP contribution in [0.2, 0.25) is 5.02 Å². The molecule has 0 amide bonds. The van der Waals surface area contributed by atoms with E-state index in [1.165, 1.54) is 12.8 Å². The molecule has 1 saturated carbocycles. The van der Waals surface area contributed by atoms with Crippen LogP contribution >= 0.6 is 11.6 Å². The van der Waals surface area contributed by atoms with Crippen molar-refractivity contribution in [3.63, 3.8) is 0 Å². The maximum atomic E-state index is 5.98. The third kappa shape index (κ3) is 2.69. The largest absolute Gasteiger partial charge is 0.398 e. The molecule has 1 aliphatic carbocycles. The van der Waals surface area contributed by atoms with Gasteiger partial charge in [-0.15, -0.1) is 0 Å². The first kappa shape index (κ1) is 11.7. The molecule has 1 fully saturated rings. The molecule has 1 atom stereocenters. The molecule has 0 aliphatic heterocycles. The summed E-state index contributed by atoms with van der Waals surface area (Å²) in [7, 11) is 2.16. The third-order valence-electron chi connectivity index (χ3n) is 3.52. The van der Waals surface area contributed by atoms with Gasteiger partial charge in [0, 0.05) is 23.3 Å². The number of anilines is 1. The number of hydrogen-bond donors (Lipinski definition) is 1. The van der Waals surface area contributed by atoms with Crippen LogP contribution in [-0.2, 0) is 6.54 Å². The monoisotopic (exact) mass is 238 g/mol. The van der Waals surface area contributed by atoms with Gasteiger partial charge in [0.2, 0.25) is 0 Å². The Hall–Kier alpha value is -0.730. The summed E-state index contributed by atoms with van der Waals surface area (Å²) in [4.78, 5) is 2.36. The van der Waals surface area contributed by atoms with Crippen molar-refractivity contribution in [2.75, 3.05) is 12.8 Å². The van der Waals surface area contributed by atoms with Gasteiger partial charge >= 0.3 is 0 Å². The lowest BCUT2D eigenvalue weighted by Gasteiger charge is -2.25. The standard InChI is InChI=1S/C13H19ClN2/c1-9(10-3-4-10)16(2)8-11-7-12(14)5-6-13(11)15/h5-7,9-10H,3-4,8,15H2,1-2H3. The van der Waals surface area contributed by atoms with Gasteiger partial charge in [-0.1, -0.05) is 11.6 Å². The van der Waals surface area contributed by atoms with Gasteiger partial charge in [0.1, 0.15) is 0 Å². The molecule has 88 valence electrons. The van der Waals surface area contributed by atoms with Crippen molar-refractivity contribution in [2.24, 2.45) is 5.92 Å². The second-order valence-corrected chi connectivity index (χ2v) is 5.27. The zero-order valence-corrected chi connectivity index (χ0v) is 10.7. The summed E-state index contributed by atoms with van der Waals surface area (Å²) < 4.78 is 0. The van der Waals surface area contributed by atoms with Crippen molar-refractivity contribution in [1.82, 2.24) is 4.90 Å². The van der Waals surface area contributed by atoms with Crippen LogP contribution in [0.15, 0.2) is 18.2 Å². The molecule has 2 rings (SSSR count). The number of nitrogens with zero attached hydrogens (tertiary/aromatic N) is 1. The average molecular weight is 239 g/mol. The molecule has 0 spiro atoms. The molecule has 1 aromatic carbocycles. The van der Waals surface area contributed by atoms with Gasteiger partial charge < -0.3 is 5.73 Å². The van der Waals surface area contributed by atoms with Crippen molar-refractivity contribution < 1.29 is 0 Å². The van der Waals surface area contributed by atoms with Crippen LogP contribution in [0.3, 0.4) is 0 Å². The molecule has 0 bridgehead atoms. The van der Waals surface area contributed by atoms with Gasteiger partial charge in [-0.25, -0.2) is 0 Å². The van der Waals surface area contributed by atoms with Crippen LogP contribution in [0.25, 0.3) is 0 Å². The molecule has 3 heteroatoms. The topological polar surface area (TPSA) is 29.3 Å². The number of benzene rings is 1. The molecule has 0 heterocycles. The van der Waals surface area contributed by atoms with E-state index in [1.807, 2.05) is 18.2 Å². The van der Waals surface area contributed by atoms with Crippen LogP contribution in [0.1, 0.15) is 25.3 Å². The van der Waals surface area contributed by atoms with E-state index in [1.54, 1.807) is 0 Å². The Morgan fingerprint density at radius 2 is 2.19 bits per heavy atom. The van der Waals surface area contributed by atoms with E-state index in [4.69, 9.17) is 17.3 Å². The predicted octanol–water partition coefficient (Wildman–Crippen LogP) is 3.15. The summed E-state index contributed by atoms with van der Waals surface area (Å²) in [6, 6.07) is 6.32. The van der Waals surface area contributed by atoms with Crippen LogP contribution in [0, 0.1) is 5.92 Å². The Morgan fingerprint density at radius 1 is 1.50 bits per heavy atom. The molecule has 16 heavy (non-hydrogen) atoms. The van der Waals surface area contributed by atoms with Crippen molar-refractivity contribution in [3.05, 3.63) is 28.8 Å². The van der Waals surface area contributed by atoms with Crippen molar-refractivity contribution >= 4 is 17.3 Å². The molecule has 2 nitrogen and oxygen atoms in total. The quantitative estimate of drug-likeness (QED) is 0.817. The van der Waals surface area contributed by atoms with E-state index in [9.17, 15) is 0 Å². The fourth-order valence-electron chi connectivity index (χ4n) is 2.06. The van der Waals surface area contributed by atoms with Crippen molar-refractivity contribution in [1.29, 1.82) is 0 Å². The lowest BCUT2D eigenvalue weighted by atomic mass is 10.1. The van der Waals surface area contributed by atoms with Crippen LogP contribution < -0.4 is 5.73 Å². The van der Waals surface area contributed by atoms with Crippen molar-refractivity contribution in [2.45, 2.75) is 32.4 Å². The van der Waals surface area contributed by atoms with Crippen LogP contribution in [-0.4, -0.2) is 18.0 Å². The predicted molar refractivity (Wildman–Crippen MR) is 69.5 cm³/mol. The highest BCUT2D eigenvalue weighted by atomic mass is 35.5. The number of halogens is 1.